The molecule has 0 amide bonds. The van der Waals surface area contributed by atoms with Gasteiger partial charge < -0.3 is 4.98 Å². The van der Waals surface area contributed by atoms with Crippen LogP contribution in [0.15, 0.2) is 35.4 Å². The first-order valence-corrected chi connectivity index (χ1v) is 4.91. The number of halogens is 1. The van der Waals surface area contributed by atoms with Gasteiger partial charge in [0.1, 0.15) is 6.67 Å². The molecule has 0 aliphatic heterocycles. The minimum absolute atomic E-state index is 0.245. The number of hydrogen-bond acceptors (Lipinski definition) is 2. The quantitative estimate of drug-likeness (QED) is 0.838. The number of aromatic amines is 1. The van der Waals surface area contributed by atoms with E-state index in [0.29, 0.717) is 16.8 Å². The molecule has 2 heterocycles. The average Bonchev–Trinajstić information content (AvgIpc) is 2.33. The van der Waals surface area contributed by atoms with Crippen molar-refractivity contribution in [2.45, 2.75) is 13.6 Å². The summed E-state index contributed by atoms with van der Waals surface area (Å²) in [6.07, 6.45) is 3.27. The van der Waals surface area contributed by atoms with Crippen LogP contribution >= 0.6 is 0 Å². The molecule has 0 bridgehead atoms. The lowest BCUT2D eigenvalue weighted by molar-refractivity contribution is 0.476. The zero-order valence-electron chi connectivity index (χ0n) is 8.83. The number of hydrogen-bond donors (Lipinski definition) is 1. The Labute approximate surface area is 92.0 Å². The Hall–Kier alpha value is -1.97. The molecule has 0 spiro atoms. The number of rotatable bonds is 2. The van der Waals surface area contributed by atoms with E-state index in [0.717, 1.165) is 5.56 Å². The number of nitrogens with zero attached hydrogens (tertiary/aromatic N) is 1. The Morgan fingerprint density at radius 1 is 1.38 bits per heavy atom. The zero-order valence-corrected chi connectivity index (χ0v) is 8.83. The fourth-order valence-corrected chi connectivity index (χ4v) is 1.57. The predicted molar refractivity (Wildman–Crippen MR) is 59.8 cm³/mol. The van der Waals surface area contributed by atoms with Crippen LogP contribution in [-0.2, 0) is 6.67 Å². The molecule has 0 radical (unpaired) electrons. The van der Waals surface area contributed by atoms with E-state index < -0.39 is 6.67 Å². The molecule has 2 aromatic heterocycles. The number of aryl methyl sites for hydroxylation is 1. The molecule has 2 aromatic rings. The first-order chi connectivity index (χ1) is 7.72. The fourth-order valence-electron chi connectivity index (χ4n) is 1.57. The molecule has 0 aliphatic rings. The molecule has 0 unspecified atom stereocenters. The molecule has 4 heteroatoms. The normalized spacial score (nSPS) is 10.4. The van der Waals surface area contributed by atoms with Gasteiger partial charge in [0, 0.05) is 23.5 Å². The Morgan fingerprint density at radius 2 is 2.06 bits per heavy atom. The molecule has 1 N–H and O–H groups in total. The van der Waals surface area contributed by atoms with Gasteiger partial charge in [-0.05, 0) is 30.7 Å². The van der Waals surface area contributed by atoms with Crippen molar-refractivity contribution in [1.82, 2.24) is 9.97 Å². The maximum absolute atomic E-state index is 12.8. The molecule has 0 fully saturated rings. The number of aromatic nitrogens is 2. The van der Waals surface area contributed by atoms with Gasteiger partial charge in [-0.25, -0.2) is 4.39 Å². The van der Waals surface area contributed by atoms with E-state index in [1.165, 1.54) is 0 Å². The van der Waals surface area contributed by atoms with E-state index >= 15 is 0 Å². The van der Waals surface area contributed by atoms with Crippen molar-refractivity contribution in [2.24, 2.45) is 0 Å². The van der Waals surface area contributed by atoms with E-state index in [2.05, 4.69) is 9.97 Å². The zero-order chi connectivity index (χ0) is 11.5. The number of nitrogens with one attached hydrogen (secondary N) is 1. The molecular formula is C12H11FN2O. The summed E-state index contributed by atoms with van der Waals surface area (Å²) in [6, 6.07) is 5.27. The third kappa shape index (κ3) is 1.86. The third-order valence-electron chi connectivity index (χ3n) is 2.43. The van der Waals surface area contributed by atoms with Crippen LogP contribution in [0.4, 0.5) is 4.39 Å². The van der Waals surface area contributed by atoms with Crippen molar-refractivity contribution in [1.29, 1.82) is 0 Å². The topological polar surface area (TPSA) is 45.8 Å². The van der Waals surface area contributed by atoms with Gasteiger partial charge >= 0.3 is 0 Å². The molecule has 0 saturated carbocycles. The van der Waals surface area contributed by atoms with E-state index in [1.807, 2.05) is 0 Å². The van der Waals surface area contributed by atoms with Crippen molar-refractivity contribution in [3.05, 3.63) is 52.2 Å². The summed E-state index contributed by atoms with van der Waals surface area (Å²) in [4.78, 5) is 17.8. The van der Waals surface area contributed by atoms with Gasteiger partial charge in [-0.2, -0.15) is 0 Å². The Kier molecular flexibility index (Phi) is 2.81. The molecule has 0 atom stereocenters. The van der Waals surface area contributed by atoms with Crippen LogP contribution in [0.1, 0.15) is 11.3 Å². The van der Waals surface area contributed by atoms with Crippen LogP contribution in [0, 0.1) is 6.92 Å². The minimum atomic E-state index is -0.687. The highest BCUT2D eigenvalue weighted by molar-refractivity contribution is 5.65. The minimum Gasteiger partial charge on any atom is -0.323 e. The van der Waals surface area contributed by atoms with Crippen molar-refractivity contribution >= 4 is 0 Å². The van der Waals surface area contributed by atoms with Crippen LogP contribution < -0.4 is 5.56 Å². The Morgan fingerprint density at radius 3 is 2.69 bits per heavy atom. The van der Waals surface area contributed by atoms with Crippen molar-refractivity contribution in [2.75, 3.05) is 0 Å². The van der Waals surface area contributed by atoms with Gasteiger partial charge in [-0.1, -0.05) is 0 Å². The highest BCUT2D eigenvalue weighted by Gasteiger charge is 2.07. The highest BCUT2D eigenvalue weighted by Crippen LogP contribution is 2.21. The van der Waals surface area contributed by atoms with Crippen LogP contribution in [-0.4, -0.2) is 9.97 Å². The summed E-state index contributed by atoms with van der Waals surface area (Å²) >= 11 is 0. The lowest BCUT2D eigenvalue weighted by Crippen LogP contribution is -2.12. The van der Waals surface area contributed by atoms with Gasteiger partial charge in [0.05, 0.1) is 5.69 Å². The second-order valence-corrected chi connectivity index (χ2v) is 3.54. The largest absolute Gasteiger partial charge is 0.323 e. The van der Waals surface area contributed by atoms with Gasteiger partial charge in [0.15, 0.2) is 0 Å². The maximum Gasteiger partial charge on any atom is 0.251 e. The number of alkyl halides is 1. The van der Waals surface area contributed by atoms with Crippen molar-refractivity contribution < 1.29 is 4.39 Å². The lowest BCUT2D eigenvalue weighted by atomic mass is 10.0. The van der Waals surface area contributed by atoms with Gasteiger partial charge in [-0.3, -0.25) is 9.78 Å². The number of pyridine rings is 2. The van der Waals surface area contributed by atoms with Gasteiger partial charge in [-0.15, -0.1) is 0 Å². The fraction of sp³-hybridized carbons (Fsp3) is 0.167. The lowest BCUT2D eigenvalue weighted by Gasteiger charge is -2.07. The van der Waals surface area contributed by atoms with E-state index in [9.17, 15) is 9.18 Å². The van der Waals surface area contributed by atoms with E-state index in [-0.39, 0.29) is 5.56 Å². The van der Waals surface area contributed by atoms with Gasteiger partial charge in [0.2, 0.25) is 0 Å². The first-order valence-electron chi connectivity index (χ1n) is 4.91. The van der Waals surface area contributed by atoms with Crippen molar-refractivity contribution in [3.63, 3.8) is 0 Å². The van der Waals surface area contributed by atoms with E-state index in [1.54, 1.807) is 37.5 Å². The van der Waals surface area contributed by atoms with Crippen LogP contribution in [0.2, 0.25) is 0 Å². The molecule has 16 heavy (non-hydrogen) atoms. The molecule has 2 rings (SSSR count). The summed E-state index contributed by atoms with van der Waals surface area (Å²) in [7, 11) is 0. The standard InChI is InChI=1S/C12H11FN2O/c1-8-6-10(9-2-4-14-5-3-9)11(7-13)15-12(8)16/h2-6H,7H2,1H3,(H,15,16)/i13-1. The smallest absolute Gasteiger partial charge is 0.251 e. The van der Waals surface area contributed by atoms with Crippen LogP contribution in [0.25, 0.3) is 11.1 Å². The second-order valence-electron chi connectivity index (χ2n) is 3.54. The molecule has 0 aliphatic carbocycles. The predicted octanol–water partition coefficient (Wildman–Crippen LogP) is 2.21. The number of H-pyrrole nitrogens is 1. The van der Waals surface area contributed by atoms with E-state index in [4.69, 9.17) is 0 Å². The molecular weight excluding hydrogens is 206 g/mol. The monoisotopic (exact) mass is 217 g/mol. The summed E-state index contributed by atoms with van der Waals surface area (Å²) in [5.74, 6) is 0. The highest BCUT2D eigenvalue weighted by atomic mass is 18.2. The SMILES string of the molecule is Cc1cc(-c2ccncc2)c(C[18F])[nH]c1=O. The average molecular weight is 217 g/mol. The molecule has 0 saturated heterocycles. The maximum atomic E-state index is 12.8. The van der Waals surface area contributed by atoms with Crippen molar-refractivity contribution in [3.8, 4) is 11.1 Å². The second kappa shape index (κ2) is 4.26. The summed E-state index contributed by atoms with van der Waals surface area (Å²) < 4.78 is 12.8. The Bertz CT molecular complexity index is 549. The molecule has 0 aromatic carbocycles. The van der Waals surface area contributed by atoms with Crippen LogP contribution in [0.3, 0.4) is 0 Å². The summed E-state index contributed by atoms with van der Waals surface area (Å²) in [5.41, 5.74) is 2.19. The van der Waals surface area contributed by atoms with Crippen LogP contribution in [0.5, 0.6) is 0 Å². The summed E-state index contributed by atoms with van der Waals surface area (Å²) in [6.45, 7) is 1.01. The molecule has 82 valence electrons. The van der Waals surface area contributed by atoms with Gasteiger partial charge in [0.25, 0.3) is 5.56 Å². The Balaban J connectivity index is 2.65. The third-order valence-corrected chi connectivity index (χ3v) is 2.43. The summed E-state index contributed by atoms with van der Waals surface area (Å²) in [5, 5.41) is 0. The first kappa shape index (κ1) is 10.5. The molecule has 3 nitrogen and oxygen atoms in total.